The summed E-state index contributed by atoms with van der Waals surface area (Å²) < 4.78 is 61.6. The fourth-order valence-corrected chi connectivity index (χ4v) is 3.36. The Morgan fingerprint density at radius 3 is 2.59 bits per heavy atom. The lowest BCUT2D eigenvalue weighted by Gasteiger charge is -2.26. The van der Waals surface area contributed by atoms with Crippen LogP contribution in [0.25, 0.3) is 16.8 Å². The van der Waals surface area contributed by atoms with Crippen molar-refractivity contribution in [2.24, 2.45) is 11.7 Å². The van der Waals surface area contributed by atoms with E-state index in [9.17, 15) is 17.6 Å². The number of ether oxygens (including phenoxy) is 1. The summed E-state index contributed by atoms with van der Waals surface area (Å²) in [7, 11) is 0. The van der Waals surface area contributed by atoms with E-state index in [1.165, 1.54) is 30.6 Å². The Morgan fingerprint density at radius 2 is 1.97 bits per heavy atom. The van der Waals surface area contributed by atoms with Crippen LogP contribution >= 0.6 is 0 Å². The van der Waals surface area contributed by atoms with Crippen LogP contribution in [-0.2, 0) is 6.18 Å². The minimum Gasteiger partial charge on any atom is -0.489 e. The molecule has 0 bridgehead atoms. The van der Waals surface area contributed by atoms with E-state index in [0.717, 1.165) is 10.6 Å². The molecule has 0 radical (unpaired) electrons. The van der Waals surface area contributed by atoms with E-state index in [2.05, 4.69) is 10.1 Å². The van der Waals surface area contributed by atoms with Gasteiger partial charge in [0, 0.05) is 17.9 Å². The van der Waals surface area contributed by atoms with Crippen LogP contribution in [0.1, 0.15) is 32.9 Å². The number of rotatable bonds is 6. The van der Waals surface area contributed by atoms with Crippen molar-refractivity contribution in [1.82, 2.24) is 14.6 Å². The zero-order valence-corrected chi connectivity index (χ0v) is 16.3. The van der Waals surface area contributed by atoms with Gasteiger partial charge < -0.3 is 10.5 Å². The number of hydrogen-bond donors (Lipinski definition) is 1. The van der Waals surface area contributed by atoms with Gasteiger partial charge in [-0.05, 0) is 43.0 Å². The maximum absolute atomic E-state index is 14.6. The van der Waals surface area contributed by atoms with E-state index in [0.29, 0.717) is 12.3 Å². The molecule has 0 saturated heterocycles. The molecule has 2 heterocycles. The van der Waals surface area contributed by atoms with Crippen LogP contribution in [-0.4, -0.2) is 26.7 Å². The fourth-order valence-electron chi connectivity index (χ4n) is 3.36. The van der Waals surface area contributed by atoms with Crippen molar-refractivity contribution in [3.8, 4) is 16.9 Å². The van der Waals surface area contributed by atoms with Crippen molar-refractivity contribution in [1.29, 1.82) is 0 Å². The highest BCUT2D eigenvalue weighted by atomic mass is 19.4. The molecular weight excluding hydrogens is 388 g/mol. The van der Waals surface area contributed by atoms with Gasteiger partial charge in [0.05, 0.1) is 5.56 Å². The van der Waals surface area contributed by atoms with Gasteiger partial charge in [-0.15, -0.1) is 0 Å². The molecule has 0 amide bonds. The lowest BCUT2D eigenvalue weighted by atomic mass is 9.93. The van der Waals surface area contributed by atoms with Gasteiger partial charge in [0.1, 0.15) is 6.61 Å². The summed E-state index contributed by atoms with van der Waals surface area (Å²) in [6.07, 6.45) is -1.33. The third-order valence-electron chi connectivity index (χ3n) is 4.32. The molecule has 3 rings (SSSR count). The largest absolute Gasteiger partial charge is 0.489 e. The minimum absolute atomic E-state index is 0.00793. The summed E-state index contributed by atoms with van der Waals surface area (Å²) in [4.78, 5) is 3.97. The van der Waals surface area contributed by atoms with Crippen LogP contribution in [0.5, 0.6) is 5.75 Å². The predicted octanol–water partition coefficient (Wildman–Crippen LogP) is 4.70. The molecule has 0 unspecified atom stereocenters. The lowest BCUT2D eigenvalue weighted by Crippen LogP contribution is -2.43. The summed E-state index contributed by atoms with van der Waals surface area (Å²) in [5.41, 5.74) is 4.08. The molecule has 0 fully saturated rings. The first kappa shape index (κ1) is 21.0. The van der Waals surface area contributed by atoms with Crippen molar-refractivity contribution in [2.75, 3.05) is 6.61 Å². The van der Waals surface area contributed by atoms with Crippen LogP contribution in [0.15, 0.2) is 36.7 Å². The van der Waals surface area contributed by atoms with Gasteiger partial charge in [0.25, 0.3) is 0 Å². The molecule has 2 N–H and O–H groups in total. The van der Waals surface area contributed by atoms with Crippen molar-refractivity contribution in [2.45, 2.75) is 38.9 Å². The van der Waals surface area contributed by atoms with E-state index in [-0.39, 0.29) is 29.1 Å². The third-order valence-corrected chi connectivity index (χ3v) is 4.32. The number of fused-ring (bicyclic) bond motifs is 1. The standard InChI is InChI=1S/C20H22F4N4O/c1-12(2)10-19(3,25)11-29-15-6-5-13(9-14(15)21)16-17(20(22,23)24)27-28-8-4-7-26-18(16)28/h4-9,12H,10-11,25H2,1-3H3/t19-/m0/s1. The van der Waals surface area contributed by atoms with Gasteiger partial charge >= 0.3 is 6.18 Å². The Balaban J connectivity index is 1.95. The summed E-state index contributed by atoms with van der Waals surface area (Å²) in [5.74, 6) is -0.525. The molecule has 29 heavy (non-hydrogen) atoms. The Labute approximate surface area is 165 Å². The maximum Gasteiger partial charge on any atom is 0.435 e. The first-order valence-electron chi connectivity index (χ1n) is 9.10. The SMILES string of the molecule is CC(C)C[C@](C)(N)COc1ccc(-c2c(C(F)(F)F)nn3cccnc23)cc1F. The number of nitrogens with two attached hydrogens (primary N) is 1. The van der Waals surface area contributed by atoms with E-state index in [1.54, 1.807) is 6.92 Å². The lowest BCUT2D eigenvalue weighted by molar-refractivity contribution is -0.140. The van der Waals surface area contributed by atoms with Crippen molar-refractivity contribution in [3.63, 3.8) is 0 Å². The minimum atomic E-state index is -4.72. The highest BCUT2D eigenvalue weighted by Crippen LogP contribution is 2.39. The van der Waals surface area contributed by atoms with Gasteiger partial charge in [0.2, 0.25) is 0 Å². The second kappa shape index (κ2) is 7.62. The second-order valence-electron chi connectivity index (χ2n) is 7.80. The van der Waals surface area contributed by atoms with Gasteiger partial charge in [-0.2, -0.15) is 18.3 Å². The highest BCUT2D eigenvalue weighted by Gasteiger charge is 2.39. The van der Waals surface area contributed by atoms with Crippen molar-refractivity contribution >= 4 is 5.65 Å². The Hall–Kier alpha value is -2.68. The van der Waals surface area contributed by atoms with Gasteiger partial charge in [-0.3, -0.25) is 0 Å². The van der Waals surface area contributed by atoms with E-state index in [1.807, 2.05) is 13.8 Å². The van der Waals surface area contributed by atoms with E-state index in [4.69, 9.17) is 10.5 Å². The van der Waals surface area contributed by atoms with Gasteiger partial charge in [0.15, 0.2) is 22.9 Å². The number of nitrogens with zero attached hydrogens (tertiary/aromatic N) is 3. The Bertz CT molecular complexity index is 1010. The molecule has 0 aliphatic heterocycles. The topological polar surface area (TPSA) is 65.4 Å². The van der Waals surface area contributed by atoms with Crippen LogP contribution in [0.2, 0.25) is 0 Å². The van der Waals surface area contributed by atoms with Crippen LogP contribution in [0.4, 0.5) is 17.6 Å². The molecule has 2 aromatic heterocycles. The Kier molecular flexibility index (Phi) is 5.53. The average molecular weight is 410 g/mol. The molecule has 156 valence electrons. The maximum atomic E-state index is 14.6. The molecule has 0 spiro atoms. The highest BCUT2D eigenvalue weighted by molar-refractivity contribution is 5.80. The molecule has 0 saturated carbocycles. The molecule has 1 atom stereocenters. The zero-order valence-electron chi connectivity index (χ0n) is 16.3. The number of hydrogen-bond acceptors (Lipinski definition) is 4. The molecular formula is C20H22F4N4O. The third kappa shape index (κ3) is 4.67. The molecule has 5 nitrogen and oxygen atoms in total. The molecule has 1 aromatic carbocycles. The predicted molar refractivity (Wildman–Crippen MR) is 101 cm³/mol. The normalized spacial score (nSPS) is 14.4. The molecule has 0 aliphatic rings. The van der Waals surface area contributed by atoms with Crippen LogP contribution in [0.3, 0.4) is 0 Å². The Morgan fingerprint density at radius 1 is 1.24 bits per heavy atom. The molecule has 3 aromatic rings. The van der Waals surface area contributed by atoms with Crippen molar-refractivity contribution in [3.05, 3.63) is 48.2 Å². The van der Waals surface area contributed by atoms with E-state index >= 15 is 0 Å². The second-order valence-corrected chi connectivity index (χ2v) is 7.80. The number of aromatic nitrogens is 3. The van der Waals surface area contributed by atoms with E-state index < -0.39 is 23.2 Å². The average Bonchev–Trinajstić information content (AvgIpc) is 2.99. The summed E-state index contributed by atoms with van der Waals surface area (Å²) >= 11 is 0. The van der Waals surface area contributed by atoms with Crippen LogP contribution < -0.4 is 10.5 Å². The first-order valence-corrected chi connectivity index (χ1v) is 9.10. The quantitative estimate of drug-likeness (QED) is 0.599. The molecule has 0 aliphatic carbocycles. The number of alkyl halides is 3. The van der Waals surface area contributed by atoms with Crippen molar-refractivity contribution < 1.29 is 22.3 Å². The fraction of sp³-hybridized carbons (Fsp3) is 0.400. The zero-order chi connectivity index (χ0) is 21.4. The summed E-state index contributed by atoms with van der Waals surface area (Å²) in [6, 6.07) is 5.10. The van der Waals surface area contributed by atoms with Gasteiger partial charge in [-0.25, -0.2) is 13.9 Å². The summed E-state index contributed by atoms with van der Waals surface area (Å²) in [5, 5.41) is 3.57. The summed E-state index contributed by atoms with van der Waals surface area (Å²) in [6.45, 7) is 5.92. The number of halogens is 4. The smallest absolute Gasteiger partial charge is 0.435 e. The van der Waals surface area contributed by atoms with Gasteiger partial charge in [-0.1, -0.05) is 19.9 Å². The molecule has 9 heteroatoms. The van der Waals surface area contributed by atoms with Crippen LogP contribution in [0, 0.1) is 11.7 Å². The monoisotopic (exact) mass is 410 g/mol. The first-order chi connectivity index (χ1) is 13.5. The number of benzene rings is 1.